The molecule has 2 aromatic carbocycles. The predicted molar refractivity (Wildman–Crippen MR) is 81.2 cm³/mol. The standard InChI is InChI=1S/C12H7BCl4O2/c14-8-1-7(2-9(15)3-8)13(18)19-12-5-10(16)4-11(17)6-12/h1-6,18H. The van der Waals surface area contributed by atoms with Gasteiger partial charge in [-0.15, -0.1) is 0 Å². The first kappa shape index (κ1) is 14.8. The molecule has 0 amide bonds. The molecule has 0 saturated carbocycles. The summed E-state index contributed by atoms with van der Waals surface area (Å²) in [7, 11) is -1.22. The molecule has 1 N–H and O–H groups in total. The van der Waals surface area contributed by atoms with E-state index >= 15 is 0 Å². The Kier molecular flexibility index (Phi) is 4.88. The van der Waals surface area contributed by atoms with Crippen LogP contribution in [0.1, 0.15) is 0 Å². The lowest BCUT2D eigenvalue weighted by Gasteiger charge is -2.11. The van der Waals surface area contributed by atoms with Crippen LogP contribution in [0.2, 0.25) is 20.1 Å². The lowest BCUT2D eigenvalue weighted by molar-refractivity contribution is 0.433. The van der Waals surface area contributed by atoms with Crippen LogP contribution in [0.4, 0.5) is 0 Å². The number of halogens is 4. The van der Waals surface area contributed by atoms with Crippen molar-refractivity contribution >= 4 is 59.0 Å². The molecule has 2 rings (SSSR count). The van der Waals surface area contributed by atoms with Gasteiger partial charge in [-0.1, -0.05) is 46.4 Å². The highest BCUT2D eigenvalue weighted by atomic mass is 35.5. The molecule has 0 heterocycles. The van der Waals surface area contributed by atoms with Crippen LogP contribution in [0.5, 0.6) is 5.75 Å². The van der Waals surface area contributed by atoms with Crippen molar-refractivity contribution in [1.82, 2.24) is 0 Å². The summed E-state index contributed by atoms with van der Waals surface area (Å²) in [6.07, 6.45) is 0. The topological polar surface area (TPSA) is 29.5 Å². The van der Waals surface area contributed by atoms with E-state index in [2.05, 4.69) is 0 Å². The Bertz CT molecular complexity index is 566. The fraction of sp³-hybridized carbons (Fsp3) is 0. The Morgan fingerprint density at radius 1 is 0.737 bits per heavy atom. The molecule has 2 aromatic rings. The zero-order valence-corrected chi connectivity index (χ0v) is 12.4. The van der Waals surface area contributed by atoms with Crippen molar-refractivity contribution in [2.24, 2.45) is 0 Å². The van der Waals surface area contributed by atoms with E-state index in [1.807, 2.05) is 0 Å². The van der Waals surface area contributed by atoms with Gasteiger partial charge in [0.25, 0.3) is 0 Å². The van der Waals surface area contributed by atoms with Crippen LogP contribution < -0.4 is 10.1 Å². The molecular weight excluding hydrogens is 329 g/mol. The molecule has 0 aliphatic heterocycles. The van der Waals surface area contributed by atoms with Crippen molar-refractivity contribution in [3.63, 3.8) is 0 Å². The third-order valence-electron chi connectivity index (χ3n) is 2.25. The van der Waals surface area contributed by atoms with Gasteiger partial charge < -0.3 is 9.68 Å². The average molecular weight is 336 g/mol. The summed E-state index contributed by atoms with van der Waals surface area (Å²) in [6.45, 7) is 0. The second-order valence-electron chi connectivity index (χ2n) is 3.78. The highest BCUT2D eigenvalue weighted by molar-refractivity contribution is 6.61. The minimum Gasteiger partial charge on any atom is -0.532 e. The largest absolute Gasteiger partial charge is 0.560 e. The second kappa shape index (κ2) is 6.25. The van der Waals surface area contributed by atoms with Gasteiger partial charge in [-0.3, -0.25) is 0 Å². The van der Waals surface area contributed by atoms with Crippen LogP contribution in [0.25, 0.3) is 0 Å². The van der Waals surface area contributed by atoms with Gasteiger partial charge >= 0.3 is 7.12 Å². The summed E-state index contributed by atoms with van der Waals surface area (Å²) in [5, 5.41) is 11.6. The minimum absolute atomic E-state index is 0.348. The van der Waals surface area contributed by atoms with Gasteiger partial charge in [0.2, 0.25) is 0 Å². The summed E-state index contributed by atoms with van der Waals surface area (Å²) in [5.74, 6) is 0.348. The molecule has 0 bridgehead atoms. The van der Waals surface area contributed by atoms with Crippen molar-refractivity contribution < 1.29 is 9.68 Å². The lowest BCUT2D eigenvalue weighted by atomic mass is 9.79. The van der Waals surface area contributed by atoms with Crippen molar-refractivity contribution in [3.8, 4) is 5.75 Å². The molecule has 0 aliphatic rings. The van der Waals surface area contributed by atoms with E-state index < -0.39 is 7.12 Å². The third-order valence-corrected chi connectivity index (χ3v) is 3.13. The van der Waals surface area contributed by atoms with E-state index in [-0.39, 0.29) is 0 Å². The molecule has 19 heavy (non-hydrogen) atoms. The Hall–Kier alpha value is -0.575. The smallest absolute Gasteiger partial charge is 0.532 e. The van der Waals surface area contributed by atoms with Crippen LogP contribution in [0, 0.1) is 0 Å². The van der Waals surface area contributed by atoms with Crippen LogP contribution >= 0.6 is 46.4 Å². The van der Waals surface area contributed by atoms with Gasteiger partial charge in [0.05, 0.1) is 0 Å². The molecule has 0 aromatic heterocycles. The van der Waals surface area contributed by atoms with Gasteiger partial charge in [-0.05, 0) is 41.9 Å². The van der Waals surface area contributed by atoms with E-state index in [1.165, 1.54) is 0 Å². The highest BCUT2D eigenvalue weighted by Crippen LogP contribution is 2.24. The zero-order chi connectivity index (χ0) is 14.0. The van der Waals surface area contributed by atoms with Crippen molar-refractivity contribution in [3.05, 3.63) is 56.5 Å². The Labute approximate surface area is 131 Å². The summed E-state index contributed by atoms with van der Waals surface area (Å²) in [4.78, 5) is 0. The van der Waals surface area contributed by atoms with E-state index in [4.69, 9.17) is 51.1 Å². The summed E-state index contributed by atoms with van der Waals surface area (Å²) in [5.41, 5.74) is 0.439. The van der Waals surface area contributed by atoms with Gasteiger partial charge in [0, 0.05) is 20.1 Å². The maximum atomic E-state index is 9.98. The van der Waals surface area contributed by atoms with E-state index in [1.54, 1.807) is 36.4 Å². The molecule has 0 unspecified atom stereocenters. The monoisotopic (exact) mass is 334 g/mol. The van der Waals surface area contributed by atoms with Crippen molar-refractivity contribution in [2.45, 2.75) is 0 Å². The first-order valence-corrected chi connectivity index (χ1v) is 6.72. The summed E-state index contributed by atoms with van der Waals surface area (Å²) in [6, 6.07) is 9.34. The lowest BCUT2D eigenvalue weighted by Crippen LogP contribution is -2.36. The molecule has 98 valence electrons. The van der Waals surface area contributed by atoms with Gasteiger partial charge in [0.15, 0.2) is 0 Å². The maximum absolute atomic E-state index is 9.98. The van der Waals surface area contributed by atoms with Gasteiger partial charge in [-0.25, -0.2) is 0 Å². The fourth-order valence-electron chi connectivity index (χ4n) is 1.51. The van der Waals surface area contributed by atoms with E-state index in [9.17, 15) is 5.02 Å². The Morgan fingerprint density at radius 2 is 1.16 bits per heavy atom. The SMILES string of the molecule is OB(Oc1cc(Cl)cc(Cl)c1)c1cc(Cl)cc(Cl)c1. The first-order chi connectivity index (χ1) is 8.94. The molecule has 7 heteroatoms. The maximum Gasteiger partial charge on any atom is 0.560 e. The predicted octanol–water partition coefficient (Wildman–Crippen LogP) is 4.07. The molecule has 0 atom stereocenters. The molecule has 2 nitrogen and oxygen atoms in total. The Balaban J connectivity index is 2.22. The third kappa shape index (κ3) is 4.20. The number of hydrogen-bond acceptors (Lipinski definition) is 2. The van der Waals surface area contributed by atoms with Crippen LogP contribution in [-0.4, -0.2) is 12.1 Å². The van der Waals surface area contributed by atoms with Gasteiger partial charge in [0.1, 0.15) is 5.75 Å². The minimum atomic E-state index is -1.22. The first-order valence-electron chi connectivity index (χ1n) is 5.21. The number of benzene rings is 2. The molecular formula is C12H7BCl4O2. The van der Waals surface area contributed by atoms with E-state index in [0.717, 1.165) is 0 Å². The Morgan fingerprint density at radius 3 is 1.63 bits per heavy atom. The fourth-order valence-corrected chi connectivity index (χ4v) is 2.56. The van der Waals surface area contributed by atoms with Crippen molar-refractivity contribution in [2.75, 3.05) is 0 Å². The average Bonchev–Trinajstić information content (AvgIpc) is 2.25. The number of rotatable bonds is 3. The molecule has 0 aliphatic carbocycles. The highest BCUT2D eigenvalue weighted by Gasteiger charge is 2.20. The second-order valence-corrected chi connectivity index (χ2v) is 5.52. The van der Waals surface area contributed by atoms with Crippen molar-refractivity contribution in [1.29, 1.82) is 0 Å². The van der Waals surface area contributed by atoms with Crippen LogP contribution in [0.15, 0.2) is 36.4 Å². The molecule has 0 spiro atoms. The van der Waals surface area contributed by atoms with E-state index in [0.29, 0.717) is 31.3 Å². The molecule has 0 saturated heterocycles. The summed E-state index contributed by atoms with van der Waals surface area (Å²) < 4.78 is 5.34. The van der Waals surface area contributed by atoms with Crippen LogP contribution in [0.3, 0.4) is 0 Å². The zero-order valence-electron chi connectivity index (χ0n) is 9.41. The van der Waals surface area contributed by atoms with Crippen LogP contribution in [-0.2, 0) is 0 Å². The summed E-state index contributed by atoms with van der Waals surface area (Å²) >= 11 is 23.4. The molecule has 0 fully saturated rings. The molecule has 0 radical (unpaired) electrons. The quantitative estimate of drug-likeness (QED) is 0.857. The number of hydrogen-bond donors (Lipinski definition) is 1. The normalized spacial score (nSPS) is 10.4. The van der Waals surface area contributed by atoms with Gasteiger partial charge in [-0.2, -0.15) is 0 Å².